The van der Waals surface area contributed by atoms with Crippen molar-refractivity contribution in [2.45, 2.75) is 6.92 Å². The number of ether oxygens (including phenoxy) is 1. The Morgan fingerprint density at radius 3 is 2.79 bits per heavy atom. The fourth-order valence-electron chi connectivity index (χ4n) is 1.69. The van der Waals surface area contributed by atoms with E-state index in [1.165, 1.54) is 17.5 Å². The van der Waals surface area contributed by atoms with Gasteiger partial charge in [0.15, 0.2) is 0 Å². The van der Waals surface area contributed by atoms with Gasteiger partial charge in [0.2, 0.25) is 0 Å². The zero-order chi connectivity index (χ0) is 13.5. The highest BCUT2D eigenvalue weighted by Crippen LogP contribution is 2.14. The van der Waals surface area contributed by atoms with Crippen molar-refractivity contribution in [3.8, 4) is 11.8 Å². The zero-order valence-electron chi connectivity index (χ0n) is 10.7. The molecule has 0 N–H and O–H groups in total. The van der Waals surface area contributed by atoms with Gasteiger partial charge in [0, 0.05) is 11.6 Å². The van der Waals surface area contributed by atoms with E-state index in [1.807, 2.05) is 30.3 Å². The SMILES string of the molecule is CCOC(=O)/C=C\C#Cc1ccc2ccccc2c1. The summed E-state index contributed by atoms with van der Waals surface area (Å²) in [5.74, 6) is 5.45. The van der Waals surface area contributed by atoms with Gasteiger partial charge in [-0.1, -0.05) is 42.2 Å². The first-order valence-electron chi connectivity index (χ1n) is 6.13. The Kier molecular flexibility index (Phi) is 4.36. The normalized spacial score (nSPS) is 10.2. The van der Waals surface area contributed by atoms with E-state index in [0.717, 1.165) is 10.9 Å². The number of rotatable bonds is 2. The summed E-state index contributed by atoms with van der Waals surface area (Å²) in [6.07, 6.45) is 2.84. The molecule has 94 valence electrons. The highest BCUT2D eigenvalue weighted by molar-refractivity contribution is 5.84. The van der Waals surface area contributed by atoms with E-state index in [1.54, 1.807) is 6.92 Å². The Morgan fingerprint density at radius 1 is 1.21 bits per heavy atom. The van der Waals surface area contributed by atoms with Crippen molar-refractivity contribution in [1.29, 1.82) is 0 Å². The second-order valence-corrected chi connectivity index (χ2v) is 3.92. The van der Waals surface area contributed by atoms with E-state index in [4.69, 9.17) is 4.74 Å². The van der Waals surface area contributed by atoms with Gasteiger partial charge in [0.05, 0.1) is 6.61 Å². The summed E-state index contributed by atoms with van der Waals surface area (Å²) in [5, 5.41) is 2.35. The molecule has 0 spiro atoms. The number of fused-ring (bicyclic) bond motifs is 1. The van der Waals surface area contributed by atoms with Crippen molar-refractivity contribution in [2.24, 2.45) is 0 Å². The molecule has 0 amide bonds. The van der Waals surface area contributed by atoms with Gasteiger partial charge in [0.1, 0.15) is 0 Å². The molecule has 0 atom stereocenters. The zero-order valence-corrected chi connectivity index (χ0v) is 10.7. The van der Waals surface area contributed by atoms with Gasteiger partial charge in [-0.15, -0.1) is 0 Å². The Labute approximate surface area is 112 Å². The molecule has 0 radical (unpaired) electrons. The Morgan fingerprint density at radius 2 is 2.00 bits per heavy atom. The third-order valence-corrected chi connectivity index (χ3v) is 2.56. The minimum Gasteiger partial charge on any atom is -0.463 e. The molecule has 0 saturated heterocycles. The molecule has 0 unspecified atom stereocenters. The first kappa shape index (κ1) is 12.9. The van der Waals surface area contributed by atoms with Crippen LogP contribution in [0.3, 0.4) is 0 Å². The molecule has 2 rings (SSSR count). The van der Waals surface area contributed by atoms with Crippen molar-refractivity contribution >= 4 is 16.7 Å². The van der Waals surface area contributed by atoms with Gasteiger partial charge in [-0.05, 0) is 35.9 Å². The van der Waals surface area contributed by atoms with Crippen LogP contribution in [0, 0.1) is 11.8 Å². The summed E-state index contributed by atoms with van der Waals surface area (Å²) in [5.41, 5.74) is 0.923. The third-order valence-electron chi connectivity index (χ3n) is 2.56. The maximum absolute atomic E-state index is 11.1. The van der Waals surface area contributed by atoms with Crippen LogP contribution in [-0.4, -0.2) is 12.6 Å². The first-order valence-corrected chi connectivity index (χ1v) is 6.13. The van der Waals surface area contributed by atoms with Gasteiger partial charge < -0.3 is 4.74 Å². The van der Waals surface area contributed by atoms with Gasteiger partial charge >= 0.3 is 5.97 Å². The molecule has 0 bridgehead atoms. The smallest absolute Gasteiger partial charge is 0.331 e. The monoisotopic (exact) mass is 250 g/mol. The van der Waals surface area contributed by atoms with E-state index in [0.29, 0.717) is 6.61 Å². The van der Waals surface area contributed by atoms with Crippen LogP contribution < -0.4 is 0 Å². The Bertz CT molecular complexity index is 672. The maximum atomic E-state index is 11.1. The average molecular weight is 250 g/mol. The second-order valence-electron chi connectivity index (χ2n) is 3.92. The Balaban J connectivity index is 2.12. The van der Waals surface area contributed by atoms with E-state index < -0.39 is 0 Å². The number of esters is 1. The van der Waals surface area contributed by atoms with Gasteiger partial charge in [0.25, 0.3) is 0 Å². The summed E-state index contributed by atoms with van der Waals surface area (Å²) >= 11 is 0. The van der Waals surface area contributed by atoms with Crippen LogP contribution in [-0.2, 0) is 9.53 Å². The van der Waals surface area contributed by atoms with Crippen LogP contribution >= 0.6 is 0 Å². The molecule has 2 nitrogen and oxygen atoms in total. The Hall–Kier alpha value is -2.53. The highest BCUT2D eigenvalue weighted by Gasteiger charge is 1.93. The first-order chi connectivity index (χ1) is 9.29. The number of carbonyl (C=O) groups excluding carboxylic acids is 1. The molecule has 2 aromatic rings. The molecule has 2 aromatic carbocycles. The molecule has 0 aliphatic heterocycles. The quantitative estimate of drug-likeness (QED) is 0.464. The highest BCUT2D eigenvalue weighted by atomic mass is 16.5. The summed E-state index contributed by atoms with van der Waals surface area (Å²) in [6.45, 7) is 2.15. The predicted octanol–water partition coefficient (Wildman–Crippen LogP) is 3.31. The van der Waals surface area contributed by atoms with Crippen molar-refractivity contribution in [2.75, 3.05) is 6.61 Å². The number of allylic oxidation sites excluding steroid dienone is 1. The van der Waals surface area contributed by atoms with Crippen LogP contribution in [0.5, 0.6) is 0 Å². The number of benzene rings is 2. The van der Waals surface area contributed by atoms with Crippen LogP contribution in [0.2, 0.25) is 0 Å². The van der Waals surface area contributed by atoms with Gasteiger partial charge in [-0.2, -0.15) is 0 Å². The predicted molar refractivity (Wildman–Crippen MR) is 76.6 cm³/mol. The summed E-state index contributed by atoms with van der Waals surface area (Å²) in [6, 6.07) is 14.2. The van der Waals surface area contributed by atoms with Crippen molar-refractivity contribution < 1.29 is 9.53 Å². The molecule has 0 heterocycles. The molecule has 2 heteroatoms. The molecule has 0 aromatic heterocycles. The van der Waals surface area contributed by atoms with Crippen LogP contribution in [0.15, 0.2) is 54.6 Å². The second kappa shape index (κ2) is 6.42. The van der Waals surface area contributed by atoms with E-state index in [2.05, 4.69) is 24.0 Å². The lowest BCUT2D eigenvalue weighted by Crippen LogP contribution is -1.98. The molecule has 0 aliphatic rings. The van der Waals surface area contributed by atoms with Crippen molar-refractivity contribution in [3.05, 3.63) is 60.2 Å². The van der Waals surface area contributed by atoms with Crippen LogP contribution in [0.4, 0.5) is 0 Å². The van der Waals surface area contributed by atoms with Crippen molar-refractivity contribution in [1.82, 2.24) is 0 Å². The lowest BCUT2D eigenvalue weighted by atomic mass is 10.1. The number of hydrogen-bond acceptors (Lipinski definition) is 2. The third kappa shape index (κ3) is 3.72. The van der Waals surface area contributed by atoms with E-state index >= 15 is 0 Å². The molecular formula is C17H14O2. The summed E-state index contributed by atoms with van der Waals surface area (Å²) in [7, 11) is 0. The largest absolute Gasteiger partial charge is 0.463 e. The van der Waals surface area contributed by atoms with Gasteiger partial charge in [-0.25, -0.2) is 4.79 Å². The van der Waals surface area contributed by atoms with E-state index in [-0.39, 0.29) is 5.97 Å². The van der Waals surface area contributed by atoms with Gasteiger partial charge in [-0.3, -0.25) is 0 Å². The minimum atomic E-state index is -0.365. The lowest BCUT2D eigenvalue weighted by Gasteiger charge is -1.96. The average Bonchev–Trinajstić information content (AvgIpc) is 2.44. The molecule has 0 fully saturated rings. The minimum absolute atomic E-state index is 0.365. The summed E-state index contributed by atoms with van der Waals surface area (Å²) in [4.78, 5) is 11.1. The number of hydrogen-bond donors (Lipinski definition) is 0. The topological polar surface area (TPSA) is 26.3 Å². The maximum Gasteiger partial charge on any atom is 0.331 e. The molecule has 0 aliphatic carbocycles. The fourth-order valence-corrected chi connectivity index (χ4v) is 1.69. The molecule has 19 heavy (non-hydrogen) atoms. The number of carbonyl (C=O) groups is 1. The van der Waals surface area contributed by atoms with E-state index in [9.17, 15) is 4.79 Å². The van der Waals surface area contributed by atoms with Crippen molar-refractivity contribution in [3.63, 3.8) is 0 Å². The fraction of sp³-hybridized carbons (Fsp3) is 0.118. The molecule has 0 saturated carbocycles. The standard InChI is InChI=1S/C17H14O2/c1-2-19-17(18)10-6-3-7-14-11-12-15-8-4-5-9-16(15)13-14/h4-6,8-13H,2H2,1H3/b10-6-. The lowest BCUT2D eigenvalue weighted by molar-refractivity contribution is -0.137. The van der Waals surface area contributed by atoms with Crippen LogP contribution in [0.25, 0.3) is 10.8 Å². The molecular weight excluding hydrogens is 236 g/mol. The summed E-state index contributed by atoms with van der Waals surface area (Å²) < 4.78 is 4.76. The van der Waals surface area contributed by atoms with Crippen LogP contribution in [0.1, 0.15) is 12.5 Å².